The summed E-state index contributed by atoms with van der Waals surface area (Å²) in [4.78, 5) is 0. The lowest BCUT2D eigenvalue weighted by molar-refractivity contribution is 0.507. The molecule has 0 aliphatic rings. The van der Waals surface area contributed by atoms with Crippen molar-refractivity contribution in [2.24, 2.45) is 0 Å². The van der Waals surface area contributed by atoms with Gasteiger partial charge in [0.1, 0.15) is 6.33 Å². The number of nitrogens with zero attached hydrogens (tertiary/aromatic N) is 6. The highest BCUT2D eigenvalue weighted by Crippen LogP contribution is 2.15. The van der Waals surface area contributed by atoms with Crippen molar-refractivity contribution < 1.29 is 0 Å². The Bertz CT molecular complexity index is 660. The Kier molecular flexibility index (Phi) is 4.02. The van der Waals surface area contributed by atoms with Crippen LogP contribution in [0.1, 0.15) is 18.5 Å². The van der Waals surface area contributed by atoms with Gasteiger partial charge in [0.25, 0.3) is 0 Å². The van der Waals surface area contributed by atoms with Crippen LogP contribution in [-0.2, 0) is 6.54 Å². The van der Waals surface area contributed by atoms with Crippen LogP contribution >= 0.6 is 0 Å². The Hall–Kier alpha value is -2.54. The van der Waals surface area contributed by atoms with E-state index in [0.717, 1.165) is 18.8 Å². The van der Waals surface area contributed by atoms with Crippen LogP contribution in [0, 0.1) is 0 Å². The molecule has 1 unspecified atom stereocenters. The second kappa shape index (κ2) is 6.27. The summed E-state index contributed by atoms with van der Waals surface area (Å²) in [5.74, 6) is 0. The monoisotopic (exact) mass is 283 g/mol. The number of hydrogen-bond donors (Lipinski definition) is 1. The van der Waals surface area contributed by atoms with Crippen LogP contribution in [0.3, 0.4) is 0 Å². The van der Waals surface area contributed by atoms with Crippen molar-refractivity contribution in [3.8, 4) is 5.69 Å². The molecule has 0 aliphatic heterocycles. The van der Waals surface area contributed by atoms with Gasteiger partial charge in [0.15, 0.2) is 0 Å². The highest BCUT2D eigenvalue weighted by atomic mass is 15.5. The summed E-state index contributed by atoms with van der Waals surface area (Å²) < 4.78 is 3.57. The van der Waals surface area contributed by atoms with E-state index in [1.807, 2.05) is 29.1 Å². The molecular weight excluding hydrogens is 266 g/mol. The summed E-state index contributed by atoms with van der Waals surface area (Å²) >= 11 is 0. The molecule has 0 fully saturated rings. The minimum absolute atomic E-state index is 0.247. The zero-order valence-electron chi connectivity index (χ0n) is 11.8. The van der Waals surface area contributed by atoms with Crippen molar-refractivity contribution in [2.75, 3.05) is 6.54 Å². The van der Waals surface area contributed by atoms with Crippen LogP contribution < -0.4 is 5.32 Å². The third-order valence-corrected chi connectivity index (χ3v) is 3.33. The van der Waals surface area contributed by atoms with Gasteiger partial charge in [-0.2, -0.15) is 5.10 Å². The average molecular weight is 283 g/mol. The van der Waals surface area contributed by atoms with Crippen molar-refractivity contribution in [1.29, 1.82) is 0 Å². The number of tetrazole rings is 1. The SMILES string of the molecule is CC(NCCn1cccn1)c1cccc(-n2cnnn2)c1. The lowest BCUT2D eigenvalue weighted by Gasteiger charge is -2.15. The molecule has 0 amide bonds. The second-order valence-electron chi connectivity index (χ2n) is 4.79. The number of benzene rings is 1. The summed E-state index contributed by atoms with van der Waals surface area (Å²) in [6, 6.07) is 10.4. The molecule has 1 aromatic carbocycles. The molecule has 2 heterocycles. The van der Waals surface area contributed by atoms with Crippen molar-refractivity contribution in [1.82, 2.24) is 35.3 Å². The minimum Gasteiger partial charge on any atom is -0.308 e. The molecule has 3 rings (SSSR count). The average Bonchev–Trinajstić information content (AvgIpc) is 3.21. The van der Waals surface area contributed by atoms with E-state index in [2.05, 4.69) is 45.0 Å². The quantitative estimate of drug-likeness (QED) is 0.736. The zero-order chi connectivity index (χ0) is 14.5. The number of nitrogens with one attached hydrogen (secondary N) is 1. The highest BCUT2D eigenvalue weighted by molar-refractivity contribution is 5.35. The topological polar surface area (TPSA) is 73.5 Å². The predicted molar refractivity (Wildman–Crippen MR) is 77.8 cm³/mol. The van der Waals surface area contributed by atoms with Crippen molar-refractivity contribution in [3.05, 3.63) is 54.6 Å². The van der Waals surface area contributed by atoms with E-state index in [-0.39, 0.29) is 6.04 Å². The summed E-state index contributed by atoms with van der Waals surface area (Å²) in [7, 11) is 0. The molecule has 108 valence electrons. The Balaban J connectivity index is 1.62. The van der Waals surface area contributed by atoms with Gasteiger partial charge in [0, 0.05) is 25.0 Å². The van der Waals surface area contributed by atoms with E-state index in [1.54, 1.807) is 17.2 Å². The molecule has 21 heavy (non-hydrogen) atoms. The first-order valence-electron chi connectivity index (χ1n) is 6.87. The normalized spacial score (nSPS) is 12.4. The van der Waals surface area contributed by atoms with E-state index in [0.29, 0.717) is 0 Å². The second-order valence-corrected chi connectivity index (χ2v) is 4.79. The molecule has 7 nitrogen and oxygen atoms in total. The van der Waals surface area contributed by atoms with Crippen molar-refractivity contribution in [2.45, 2.75) is 19.5 Å². The maximum Gasteiger partial charge on any atom is 0.143 e. The van der Waals surface area contributed by atoms with E-state index in [9.17, 15) is 0 Å². The van der Waals surface area contributed by atoms with Crippen LogP contribution in [0.25, 0.3) is 5.69 Å². The largest absolute Gasteiger partial charge is 0.308 e. The third-order valence-electron chi connectivity index (χ3n) is 3.33. The zero-order valence-corrected chi connectivity index (χ0v) is 11.8. The van der Waals surface area contributed by atoms with Gasteiger partial charge in [0.2, 0.25) is 0 Å². The molecule has 0 saturated carbocycles. The lowest BCUT2D eigenvalue weighted by Crippen LogP contribution is -2.23. The standard InChI is InChI=1S/C14H17N7/c1-12(15-7-9-20-8-3-6-17-20)13-4-2-5-14(10-13)21-11-16-18-19-21/h2-6,8,10-12,15H,7,9H2,1H3. The van der Waals surface area contributed by atoms with Gasteiger partial charge in [0.05, 0.1) is 12.2 Å². The van der Waals surface area contributed by atoms with Gasteiger partial charge in [-0.25, -0.2) is 4.68 Å². The smallest absolute Gasteiger partial charge is 0.143 e. The molecule has 1 N–H and O–H groups in total. The third kappa shape index (κ3) is 3.32. The van der Waals surface area contributed by atoms with Gasteiger partial charge < -0.3 is 5.32 Å². The van der Waals surface area contributed by atoms with Crippen LogP contribution in [0.15, 0.2) is 49.1 Å². The fourth-order valence-electron chi connectivity index (χ4n) is 2.16. The Morgan fingerprint density at radius 3 is 3.00 bits per heavy atom. The number of aromatic nitrogens is 6. The Labute approximate surface area is 122 Å². The fraction of sp³-hybridized carbons (Fsp3) is 0.286. The molecule has 1 atom stereocenters. The van der Waals surface area contributed by atoms with Gasteiger partial charge in [-0.05, 0) is 41.1 Å². The summed E-state index contributed by atoms with van der Waals surface area (Å²) in [6.45, 7) is 3.85. The summed E-state index contributed by atoms with van der Waals surface area (Å²) in [5, 5.41) is 18.9. The maximum atomic E-state index is 4.18. The Morgan fingerprint density at radius 1 is 1.29 bits per heavy atom. The maximum absolute atomic E-state index is 4.18. The molecule has 0 aliphatic carbocycles. The summed E-state index contributed by atoms with van der Waals surface area (Å²) in [6.07, 6.45) is 5.35. The molecule has 0 spiro atoms. The van der Waals surface area contributed by atoms with Crippen LogP contribution in [0.5, 0.6) is 0 Å². The van der Waals surface area contributed by atoms with E-state index < -0.39 is 0 Å². The van der Waals surface area contributed by atoms with E-state index in [1.165, 1.54) is 5.56 Å². The molecular formula is C14H17N7. The Morgan fingerprint density at radius 2 is 2.24 bits per heavy atom. The number of rotatable bonds is 6. The summed E-state index contributed by atoms with van der Waals surface area (Å²) in [5.41, 5.74) is 2.15. The lowest BCUT2D eigenvalue weighted by atomic mass is 10.1. The van der Waals surface area contributed by atoms with Crippen LogP contribution in [-0.4, -0.2) is 36.5 Å². The molecule has 2 aromatic heterocycles. The van der Waals surface area contributed by atoms with Gasteiger partial charge in [-0.15, -0.1) is 5.10 Å². The molecule has 0 saturated heterocycles. The predicted octanol–water partition coefficient (Wildman–Crippen LogP) is 1.21. The van der Waals surface area contributed by atoms with Crippen LogP contribution in [0.4, 0.5) is 0 Å². The first-order chi connectivity index (χ1) is 10.3. The van der Waals surface area contributed by atoms with Gasteiger partial charge in [-0.3, -0.25) is 4.68 Å². The van der Waals surface area contributed by atoms with Crippen molar-refractivity contribution in [3.63, 3.8) is 0 Å². The molecule has 0 bridgehead atoms. The van der Waals surface area contributed by atoms with E-state index in [4.69, 9.17) is 0 Å². The number of hydrogen-bond acceptors (Lipinski definition) is 5. The van der Waals surface area contributed by atoms with E-state index >= 15 is 0 Å². The molecule has 3 aromatic rings. The van der Waals surface area contributed by atoms with Crippen LogP contribution in [0.2, 0.25) is 0 Å². The molecule has 7 heteroatoms. The first kappa shape index (κ1) is 13.4. The van der Waals surface area contributed by atoms with Gasteiger partial charge >= 0.3 is 0 Å². The fourth-order valence-corrected chi connectivity index (χ4v) is 2.16. The first-order valence-corrected chi connectivity index (χ1v) is 6.87. The highest BCUT2D eigenvalue weighted by Gasteiger charge is 2.06. The molecule has 0 radical (unpaired) electrons. The van der Waals surface area contributed by atoms with Gasteiger partial charge in [-0.1, -0.05) is 12.1 Å². The minimum atomic E-state index is 0.247. The van der Waals surface area contributed by atoms with Crippen molar-refractivity contribution >= 4 is 0 Å².